The van der Waals surface area contributed by atoms with Gasteiger partial charge in [0.1, 0.15) is 0 Å². The quantitative estimate of drug-likeness (QED) is 0.675. The van der Waals surface area contributed by atoms with Gasteiger partial charge < -0.3 is 10.2 Å². The summed E-state index contributed by atoms with van der Waals surface area (Å²) in [5.41, 5.74) is 2.43. The molecule has 2 aromatic carbocycles. The highest BCUT2D eigenvalue weighted by molar-refractivity contribution is 7.92. The third-order valence-electron chi connectivity index (χ3n) is 5.19. The van der Waals surface area contributed by atoms with Gasteiger partial charge in [0.05, 0.1) is 18.3 Å². The van der Waals surface area contributed by atoms with Crippen molar-refractivity contribution in [2.24, 2.45) is 5.92 Å². The average molecular weight is 416 g/mol. The number of hydrogen-bond donors (Lipinski definition) is 2. The molecule has 1 fully saturated rings. The summed E-state index contributed by atoms with van der Waals surface area (Å²) in [6.45, 7) is 4.70. The number of carbonyl (C=O) groups is 1. The number of nitrogens with zero attached hydrogens (tertiary/aromatic N) is 1. The summed E-state index contributed by atoms with van der Waals surface area (Å²) in [7, 11) is -3.35. The third kappa shape index (κ3) is 6.22. The maximum Gasteiger partial charge on any atom is 0.318 e. The Morgan fingerprint density at radius 2 is 1.72 bits per heavy atom. The minimum atomic E-state index is -3.35. The average Bonchev–Trinajstić information content (AvgIpc) is 3.49. The lowest BCUT2D eigenvalue weighted by atomic mass is 10.1. The van der Waals surface area contributed by atoms with Crippen LogP contribution in [-0.2, 0) is 10.0 Å². The van der Waals surface area contributed by atoms with E-state index in [1.165, 1.54) is 12.8 Å². The molecule has 2 amide bonds. The van der Waals surface area contributed by atoms with Gasteiger partial charge in [0, 0.05) is 12.2 Å². The molecule has 0 aromatic heterocycles. The van der Waals surface area contributed by atoms with Gasteiger partial charge in [-0.2, -0.15) is 0 Å². The fourth-order valence-electron chi connectivity index (χ4n) is 3.34. The lowest BCUT2D eigenvalue weighted by molar-refractivity contribution is 0.172. The molecule has 3 rings (SSSR count). The molecule has 0 aliphatic heterocycles. The Balaban J connectivity index is 1.72. The molecule has 0 heterocycles. The van der Waals surface area contributed by atoms with Crippen molar-refractivity contribution in [2.45, 2.75) is 38.8 Å². The monoisotopic (exact) mass is 415 g/mol. The Labute approximate surface area is 173 Å². The SMILES string of the molecule is CC(NC(=O)N(CC1CC1)C(C)c1ccccc1)c1cccc(NS(C)(=O)=O)c1. The number of rotatable bonds is 8. The molecule has 2 atom stereocenters. The summed E-state index contributed by atoms with van der Waals surface area (Å²) in [4.78, 5) is 15.0. The van der Waals surface area contributed by atoms with Crippen LogP contribution in [0.5, 0.6) is 0 Å². The lowest BCUT2D eigenvalue weighted by Crippen LogP contribution is -2.43. The number of nitrogens with one attached hydrogen (secondary N) is 2. The largest absolute Gasteiger partial charge is 0.331 e. The van der Waals surface area contributed by atoms with E-state index in [4.69, 9.17) is 0 Å². The van der Waals surface area contributed by atoms with Crippen LogP contribution in [0.2, 0.25) is 0 Å². The van der Waals surface area contributed by atoms with Crippen LogP contribution in [0, 0.1) is 5.92 Å². The van der Waals surface area contributed by atoms with Crippen LogP contribution < -0.4 is 10.0 Å². The van der Waals surface area contributed by atoms with Gasteiger partial charge in [0.25, 0.3) is 0 Å². The number of anilines is 1. The van der Waals surface area contributed by atoms with E-state index >= 15 is 0 Å². The fourth-order valence-corrected chi connectivity index (χ4v) is 3.90. The zero-order valence-electron chi connectivity index (χ0n) is 17.1. The molecule has 1 saturated carbocycles. The number of carbonyl (C=O) groups excluding carboxylic acids is 1. The summed E-state index contributed by atoms with van der Waals surface area (Å²) in [5, 5.41) is 3.08. The zero-order chi connectivity index (χ0) is 21.0. The van der Waals surface area contributed by atoms with Gasteiger partial charge in [-0.1, -0.05) is 42.5 Å². The van der Waals surface area contributed by atoms with Crippen molar-refractivity contribution in [3.8, 4) is 0 Å². The molecule has 0 spiro atoms. The van der Waals surface area contributed by atoms with E-state index in [0.717, 1.165) is 23.9 Å². The van der Waals surface area contributed by atoms with Crippen molar-refractivity contribution < 1.29 is 13.2 Å². The molecule has 6 nitrogen and oxygen atoms in total. The summed E-state index contributed by atoms with van der Waals surface area (Å²) in [6, 6.07) is 16.7. The van der Waals surface area contributed by atoms with Crippen LogP contribution in [0.1, 0.15) is 49.9 Å². The normalized spacial score (nSPS) is 16.0. The lowest BCUT2D eigenvalue weighted by Gasteiger charge is -2.31. The second-order valence-corrected chi connectivity index (χ2v) is 9.60. The maximum atomic E-state index is 13.1. The van der Waals surface area contributed by atoms with E-state index in [-0.39, 0.29) is 18.1 Å². The van der Waals surface area contributed by atoms with Crippen LogP contribution in [-0.4, -0.2) is 32.1 Å². The van der Waals surface area contributed by atoms with E-state index in [1.807, 2.05) is 48.2 Å². The zero-order valence-corrected chi connectivity index (χ0v) is 17.9. The molecule has 7 heteroatoms. The topological polar surface area (TPSA) is 78.5 Å². The molecule has 156 valence electrons. The van der Waals surface area contributed by atoms with Crippen LogP contribution in [0.3, 0.4) is 0 Å². The van der Waals surface area contributed by atoms with Gasteiger partial charge in [-0.25, -0.2) is 13.2 Å². The van der Waals surface area contributed by atoms with Gasteiger partial charge >= 0.3 is 6.03 Å². The molecule has 1 aliphatic carbocycles. The Bertz CT molecular complexity index is 943. The summed E-state index contributed by atoms with van der Waals surface area (Å²) in [5.74, 6) is 0.574. The predicted molar refractivity (Wildman–Crippen MR) is 116 cm³/mol. The van der Waals surface area contributed by atoms with Crippen LogP contribution in [0.4, 0.5) is 10.5 Å². The molecule has 0 saturated heterocycles. The number of sulfonamides is 1. The van der Waals surface area contributed by atoms with Crippen LogP contribution in [0.25, 0.3) is 0 Å². The van der Waals surface area contributed by atoms with E-state index in [9.17, 15) is 13.2 Å². The first-order valence-corrected chi connectivity index (χ1v) is 11.8. The fraction of sp³-hybridized carbons (Fsp3) is 0.409. The van der Waals surface area contributed by atoms with E-state index in [1.54, 1.807) is 18.2 Å². The van der Waals surface area contributed by atoms with Gasteiger partial charge in [-0.05, 0) is 55.9 Å². The van der Waals surface area contributed by atoms with Gasteiger partial charge in [0.2, 0.25) is 10.0 Å². The molecule has 29 heavy (non-hydrogen) atoms. The number of amides is 2. The molecular weight excluding hydrogens is 386 g/mol. The summed E-state index contributed by atoms with van der Waals surface area (Å²) < 4.78 is 25.4. The molecule has 1 aliphatic rings. The Morgan fingerprint density at radius 1 is 1.07 bits per heavy atom. The Kier molecular flexibility index (Phi) is 6.47. The first-order chi connectivity index (χ1) is 13.7. The smallest absolute Gasteiger partial charge is 0.318 e. The van der Waals surface area contributed by atoms with Crippen LogP contribution >= 0.6 is 0 Å². The van der Waals surface area contributed by atoms with E-state index in [2.05, 4.69) is 17.0 Å². The molecule has 2 aromatic rings. The first-order valence-electron chi connectivity index (χ1n) is 9.93. The van der Waals surface area contributed by atoms with Gasteiger partial charge in [0.15, 0.2) is 0 Å². The van der Waals surface area contributed by atoms with Crippen molar-refractivity contribution in [1.82, 2.24) is 10.2 Å². The van der Waals surface area contributed by atoms with Crippen molar-refractivity contribution in [3.63, 3.8) is 0 Å². The standard InChI is InChI=1S/C22H29N3O3S/c1-16(20-10-7-11-21(14-20)24-29(3,27)28)23-22(26)25(15-18-12-13-18)17(2)19-8-5-4-6-9-19/h4-11,14,16-18,24H,12-13,15H2,1-3H3,(H,23,26). The van der Waals surface area contributed by atoms with E-state index in [0.29, 0.717) is 11.6 Å². The Morgan fingerprint density at radius 3 is 2.34 bits per heavy atom. The highest BCUT2D eigenvalue weighted by Gasteiger charge is 2.30. The molecule has 0 radical (unpaired) electrons. The van der Waals surface area contributed by atoms with Crippen molar-refractivity contribution >= 4 is 21.7 Å². The van der Waals surface area contributed by atoms with E-state index < -0.39 is 10.0 Å². The molecular formula is C22H29N3O3S. The highest BCUT2D eigenvalue weighted by atomic mass is 32.2. The summed E-state index contributed by atoms with van der Waals surface area (Å²) in [6.07, 6.45) is 3.45. The maximum absolute atomic E-state index is 13.1. The Hall–Kier alpha value is -2.54. The van der Waals surface area contributed by atoms with Crippen molar-refractivity contribution in [2.75, 3.05) is 17.5 Å². The molecule has 0 bridgehead atoms. The van der Waals surface area contributed by atoms with Crippen LogP contribution in [0.15, 0.2) is 54.6 Å². The predicted octanol–water partition coefficient (Wildman–Crippen LogP) is 4.30. The van der Waals surface area contributed by atoms with Gasteiger partial charge in [-0.3, -0.25) is 4.72 Å². The number of urea groups is 1. The van der Waals surface area contributed by atoms with Crippen molar-refractivity contribution in [3.05, 3.63) is 65.7 Å². The van der Waals surface area contributed by atoms with Crippen molar-refractivity contribution in [1.29, 1.82) is 0 Å². The summed E-state index contributed by atoms with van der Waals surface area (Å²) >= 11 is 0. The second-order valence-electron chi connectivity index (χ2n) is 7.85. The molecule has 2 unspecified atom stereocenters. The third-order valence-corrected chi connectivity index (χ3v) is 5.80. The minimum absolute atomic E-state index is 0.0257. The van der Waals surface area contributed by atoms with Gasteiger partial charge in [-0.15, -0.1) is 0 Å². The minimum Gasteiger partial charge on any atom is -0.331 e. The number of benzene rings is 2. The number of hydrogen-bond acceptors (Lipinski definition) is 3. The highest BCUT2D eigenvalue weighted by Crippen LogP contribution is 2.33. The second kappa shape index (κ2) is 8.86. The first kappa shape index (κ1) is 21.2. The molecule has 2 N–H and O–H groups in total.